The molecule has 0 N–H and O–H groups in total. The molecule has 1 aromatic carbocycles. The van der Waals surface area contributed by atoms with Crippen LogP contribution in [0.2, 0.25) is 0 Å². The summed E-state index contributed by atoms with van der Waals surface area (Å²) < 4.78 is 47.2. The molecule has 0 atom stereocenters. The van der Waals surface area contributed by atoms with Crippen LogP contribution in [0.5, 0.6) is 5.75 Å². The van der Waals surface area contributed by atoms with Gasteiger partial charge in [0.2, 0.25) is 0 Å². The van der Waals surface area contributed by atoms with Gasteiger partial charge in [-0.3, -0.25) is 4.79 Å². The maximum atomic E-state index is 12.6. The molecule has 1 aromatic rings. The van der Waals surface area contributed by atoms with Crippen LogP contribution < -0.4 is 4.74 Å². The average molecular weight is 262 g/mol. The molecule has 3 nitrogen and oxygen atoms in total. The minimum absolute atomic E-state index is 0.0300. The van der Waals surface area contributed by atoms with Gasteiger partial charge in [-0.15, -0.1) is 0 Å². The van der Waals surface area contributed by atoms with Gasteiger partial charge in [0.05, 0.1) is 19.3 Å². The topological polar surface area (TPSA) is 35.5 Å². The summed E-state index contributed by atoms with van der Waals surface area (Å²) in [4.78, 5) is 10.8. The first-order valence-corrected chi connectivity index (χ1v) is 5.31. The lowest BCUT2D eigenvalue weighted by Gasteiger charge is -2.13. The minimum atomic E-state index is -4.45. The minimum Gasteiger partial charge on any atom is -0.493 e. The molecule has 0 fully saturated rings. The first kappa shape index (κ1) is 14.3. The van der Waals surface area contributed by atoms with Crippen LogP contribution in [0, 0.1) is 0 Å². The van der Waals surface area contributed by atoms with Crippen molar-refractivity contribution in [2.24, 2.45) is 0 Å². The fraction of sp³-hybridized carbons (Fsp3) is 0.417. The Kier molecular flexibility index (Phi) is 5.00. The average Bonchev–Trinajstić information content (AvgIpc) is 2.33. The Labute approximate surface area is 103 Å². The van der Waals surface area contributed by atoms with Gasteiger partial charge in [0.1, 0.15) is 5.75 Å². The summed E-state index contributed by atoms with van der Waals surface area (Å²) in [7, 11) is 1.25. The standard InChI is InChI=1S/C12H13F3O3/c1-17-11(16)7-4-8-18-10-6-3-2-5-9(10)12(13,14)15/h2-3,5-6H,4,7-8H2,1H3. The molecule has 0 unspecified atom stereocenters. The van der Waals surface area contributed by atoms with Crippen LogP contribution >= 0.6 is 0 Å². The lowest BCUT2D eigenvalue weighted by molar-refractivity contribution is -0.141. The molecule has 0 radical (unpaired) electrons. The Hall–Kier alpha value is -1.72. The number of para-hydroxylation sites is 1. The number of carbonyl (C=O) groups excluding carboxylic acids is 1. The van der Waals surface area contributed by atoms with Gasteiger partial charge in [-0.1, -0.05) is 12.1 Å². The molecule has 0 saturated carbocycles. The SMILES string of the molecule is COC(=O)CCCOc1ccccc1C(F)(F)F. The maximum Gasteiger partial charge on any atom is 0.419 e. The van der Waals surface area contributed by atoms with Crippen LogP contribution in [0.1, 0.15) is 18.4 Å². The molecule has 18 heavy (non-hydrogen) atoms. The molecule has 0 spiro atoms. The van der Waals surface area contributed by atoms with Gasteiger partial charge in [-0.2, -0.15) is 13.2 Å². The summed E-state index contributed by atoms with van der Waals surface area (Å²) in [5, 5.41) is 0. The Balaban J connectivity index is 2.55. The molecule has 1 rings (SSSR count). The van der Waals surface area contributed by atoms with Gasteiger partial charge in [-0.25, -0.2) is 0 Å². The third-order valence-electron chi connectivity index (χ3n) is 2.20. The number of halogens is 3. The molecule has 0 heterocycles. The highest BCUT2D eigenvalue weighted by atomic mass is 19.4. The van der Waals surface area contributed by atoms with Crippen molar-refractivity contribution in [2.45, 2.75) is 19.0 Å². The second-order valence-electron chi connectivity index (χ2n) is 3.52. The van der Waals surface area contributed by atoms with E-state index in [-0.39, 0.29) is 18.8 Å². The Morgan fingerprint density at radius 2 is 1.94 bits per heavy atom. The molecule has 0 saturated heterocycles. The Bertz CT molecular complexity index is 402. The first-order chi connectivity index (χ1) is 8.45. The van der Waals surface area contributed by atoms with E-state index in [0.717, 1.165) is 6.07 Å². The van der Waals surface area contributed by atoms with Crippen molar-refractivity contribution in [2.75, 3.05) is 13.7 Å². The molecule has 0 aromatic heterocycles. The van der Waals surface area contributed by atoms with Crippen LogP contribution in [-0.2, 0) is 15.7 Å². The van der Waals surface area contributed by atoms with Crippen molar-refractivity contribution in [3.63, 3.8) is 0 Å². The molecule has 0 aliphatic heterocycles. The largest absolute Gasteiger partial charge is 0.493 e. The van der Waals surface area contributed by atoms with Gasteiger partial charge in [-0.05, 0) is 18.6 Å². The molecule has 0 bridgehead atoms. The summed E-state index contributed by atoms with van der Waals surface area (Å²) in [6.45, 7) is 0.0300. The first-order valence-electron chi connectivity index (χ1n) is 5.31. The fourth-order valence-corrected chi connectivity index (χ4v) is 1.33. The van der Waals surface area contributed by atoms with Crippen LogP contribution in [0.25, 0.3) is 0 Å². The van der Waals surface area contributed by atoms with E-state index in [4.69, 9.17) is 4.74 Å². The number of alkyl halides is 3. The van der Waals surface area contributed by atoms with Crippen molar-refractivity contribution >= 4 is 5.97 Å². The molecular weight excluding hydrogens is 249 g/mol. The van der Waals surface area contributed by atoms with E-state index in [0.29, 0.717) is 6.42 Å². The second-order valence-corrected chi connectivity index (χ2v) is 3.52. The number of esters is 1. The zero-order chi connectivity index (χ0) is 13.6. The molecule has 6 heteroatoms. The maximum absolute atomic E-state index is 12.6. The van der Waals surface area contributed by atoms with Crippen LogP contribution in [-0.4, -0.2) is 19.7 Å². The smallest absolute Gasteiger partial charge is 0.419 e. The van der Waals surface area contributed by atoms with Gasteiger partial charge in [0.25, 0.3) is 0 Å². The monoisotopic (exact) mass is 262 g/mol. The number of hydrogen-bond donors (Lipinski definition) is 0. The zero-order valence-corrected chi connectivity index (χ0v) is 9.79. The van der Waals surface area contributed by atoms with E-state index in [1.807, 2.05) is 0 Å². The quantitative estimate of drug-likeness (QED) is 0.604. The van der Waals surface area contributed by atoms with E-state index < -0.39 is 17.7 Å². The van der Waals surface area contributed by atoms with Crippen molar-refractivity contribution in [3.05, 3.63) is 29.8 Å². The lowest BCUT2D eigenvalue weighted by Crippen LogP contribution is -2.10. The fourth-order valence-electron chi connectivity index (χ4n) is 1.33. The number of benzene rings is 1. The molecular formula is C12H13F3O3. The summed E-state index contributed by atoms with van der Waals surface area (Å²) in [5.41, 5.74) is -0.817. The van der Waals surface area contributed by atoms with Crippen LogP contribution in [0.4, 0.5) is 13.2 Å². The Morgan fingerprint density at radius 3 is 2.56 bits per heavy atom. The molecule has 100 valence electrons. The molecule has 0 amide bonds. The number of rotatable bonds is 5. The van der Waals surface area contributed by atoms with Gasteiger partial charge >= 0.3 is 12.1 Å². The van der Waals surface area contributed by atoms with E-state index in [2.05, 4.69) is 4.74 Å². The highest BCUT2D eigenvalue weighted by Gasteiger charge is 2.33. The third-order valence-corrected chi connectivity index (χ3v) is 2.20. The van der Waals surface area contributed by atoms with Crippen molar-refractivity contribution in [1.29, 1.82) is 0 Å². The van der Waals surface area contributed by atoms with Gasteiger partial charge in [0.15, 0.2) is 0 Å². The summed E-state index contributed by atoms with van der Waals surface area (Å²) >= 11 is 0. The van der Waals surface area contributed by atoms with Crippen molar-refractivity contribution in [3.8, 4) is 5.75 Å². The number of carbonyl (C=O) groups is 1. The van der Waals surface area contributed by atoms with E-state index in [1.165, 1.54) is 25.3 Å². The van der Waals surface area contributed by atoms with E-state index in [1.54, 1.807) is 0 Å². The lowest BCUT2D eigenvalue weighted by atomic mass is 10.2. The highest BCUT2D eigenvalue weighted by Crippen LogP contribution is 2.35. The summed E-state index contributed by atoms with van der Waals surface area (Å²) in [5.74, 6) is -0.641. The predicted molar refractivity (Wildman–Crippen MR) is 58.2 cm³/mol. The number of ether oxygens (including phenoxy) is 2. The molecule has 0 aliphatic rings. The molecule has 0 aliphatic carbocycles. The van der Waals surface area contributed by atoms with Crippen LogP contribution in [0.3, 0.4) is 0 Å². The third kappa shape index (κ3) is 4.27. The van der Waals surface area contributed by atoms with E-state index in [9.17, 15) is 18.0 Å². The van der Waals surface area contributed by atoms with Gasteiger partial charge in [0, 0.05) is 6.42 Å². The Morgan fingerprint density at radius 1 is 1.28 bits per heavy atom. The highest BCUT2D eigenvalue weighted by molar-refractivity contribution is 5.69. The van der Waals surface area contributed by atoms with E-state index >= 15 is 0 Å². The second kappa shape index (κ2) is 6.28. The number of methoxy groups -OCH3 is 1. The van der Waals surface area contributed by atoms with Crippen molar-refractivity contribution < 1.29 is 27.4 Å². The normalized spacial score (nSPS) is 11.1. The summed E-state index contributed by atoms with van der Waals surface area (Å²) in [6, 6.07) is 4.96. The van der Waals surface area contributed by atoms with Gasteiger partial charge < -0.3 is 9.47 Å². The summed E-state index contributed by atoms with van der Waals surface area (Å²) in [6.07, 6.45) is -4.03. The predicted octanol–water partition coefficient (Wildman–Crippen LogP) is 3.04. The van der Waals surface area contributed by atoms with Crippen LogP contribution in [0.15, 0.2) is 24.3 Å². The number of hydrogen-bond acceptors (Lipinski definition) is 3. The zero-order valence-electron chi connectivity index (χ0n) is 9.79. The van der Waals surface area contributed by atoms with Crippen molar-refractivity contribution in [1.82, 2.24) is 0 Å².